The van der Waals surface area contributed by atoms with Gasteiger partial charge in [0.2, 0.25) is 0 Å². The van der Waals surface area contributed by atoms with E-state index in [1.54, 1.807) is 25.4 Å². The minimum atomic E-state index is -0.428. The Bertz CT molecular complexity index is 553. The fraction of sp³-hybridized carbons (Fsp3) is 0.273. The van der Waals surface area contributed by atoms with Gasteiger partial charge in [-0.3, -0.25) is 15.2 Å². The van der Waals surface area contributed by atoms with Crippen LogP contribution < -0.4 is 4.90 Å². The highest BCUT2D eigenvalue weighted by molar-refractivity contribution is 5.48. The van der Waals surface area contributed by atoms with Crippen molar-refractivity contribution in [2.75, 3.05) is 11.9 Å². The van der Waals surface area contributed by atoms with Crippen molar-refractivity contribution in [2.24, 2.45) is 0 Å². The monoisotopic (exact) mass is 247 g/mol. The Balaban J connectivity index is 2.18. The summed E-state index contributed by atoms with van der Waals surface area (Å²) in [4.78, 5) is 16.3. The van der Waals surface area contributed by atoms with Crippen LogP contribution in [-0.2, 0) is 6.54 Å². The second-order valence-corrected chi connectivity index (χ2v) is 4.05. The van der Waals surface area contributed by atoms with Crippen LogP contribution in [0.3, 0.4) is 0 Å². The van der Waals surface area contributed by atoms with Crippen molar-refractivity contribution in [3.8, 4) is 0 Å². The van der Waals surface area contributed by atoms with Crippen molar-refractivity contribution in [3.63, 3.8) is 0 Å². The van der Waals surface area contributed by atoms with Gasteiger partial charge < -0.3 is 4.90 Å². The number of aryl methyl sites for hydroxylation is 1. The molecule has 94 valence electrons. The number of nitro groups is 1. The van der Waals surface area contributed by atoms with E-state index in [4.69, 9.17) is 0 Å². The molecule has 2 heterocycles. The van der Waals surface area contributed by atoms with Crippen molar-refractivity contribution < 1.29 is 4.92 Å². The molecule has 0 fully saturated rings. The van der Waals surface area contributed by atoms with Gasteiger partial charge >= 0.3 is 0 Å². The predicted octanol–water partition coefficient (Wildman–Crippen LogP) is 1.66. The van der Waals surface area contributed by atoms with Crippen LogP contribution in [-0.4, -0.2) is 27.2 Å². The number of aromatic nitrogens is 3. The number of aromatic amines is 1. The zero-order valence-corrected chi connectivity index (χ0v) is 10.1. The highest BCUT2D eigenvalue weighted by atomic mass is 16.6. The second-order valence-electron chi connectivity index (χ2n) is 4.05. The lowest BCUT2D eigenvalue weighted by atomic mass is 10.2. The van der Waals surface area contributed by atoms with Gasteiger partial charge in [0.1, 0.15) is 12.0 Å². The zero-order chi connectivity index (χ0) is 13.1. The molecule has 0 saturated heterocycles. The molecule has 0 bridgehead atoms. The van der Waals surface area contributed by atoms with Gasteiger partial charge in [0.25, 0.3) is 5.69 Å². The third-order valence-electron chi connectivity index (χ3n) is 2.63. The van der Waals surface area contributed by atoms with E-state index in [1.165, 1.54) is 6.20 Å². The van der Waals surface area contributed by atoms with Crippen LogP contribution in [0.4, 0.5) is 11.5 Å². The first-order chi connectivity index (χ1) is 8.58. The van der Waals surface area contributed by atoms with Crippen molar-refractivity contribution >= 4 is 11.5 Å². The molecule has 7 nitrogen and oxygen atoms in total. The third kappa shape index (κ3) is 2.45. The molecule has 2 rings (SSSR count). The van der Waals surface area contributed by atoms with Crippen LogP contribution >= 0.6 is 0 Å². The molecule has 0 saturated carbocycles. The molecule has 0 unspecified atom stereocenters. The summed E-state index contributed by atoms with van der Waals surface area (Å²) in [6, 6.07) is 1.71. The normalized spacial score (nSPS) is 10.3. The molecule has 0 aliphatic rings. The maximum absolute atomic E-state index is 10.7. The quantitative estimate of drug-likeness (QED) is 0.655. The van der Waals surface area contributed by atoms with Gasteiger partial charge in [-0.2, -0.15) is 5.10 Å². The number of pyridine rings is 1. The van der Waals surface area contributed by atoms with Gasteiger partial charge in [-0.25, -0.2) is 4.98 Å². The van der Waals surface area contributed by atoms with Crippen molar-refractivity contribution in [3.05, 3.63) is 45.9 Å². The Kier molecular flexibility index (Phi) is 3.22. The van der Waals surface area contributed by atoms with Crippen LogP contribution in [0.1, 0.15) is 11.1 Å². The minimum Gasteiger partial charge on any atom is -0.355 e. The Morgan fingerprint density at radius 1 is 1.50 bits per heavy atom. The molecular weight excluding hydrogens is 234 g/mol. The summed E-state index contributed by atoms with van der Waals surface area (Å²) in [5, 5.41) is 17.3. The topological polar surface area (TPSA) is 88.0 Å². The maximum atomic E-state index is 10.7. The van der Waals surface area contributed by atoms with Gasteiger partial charge in [-0.1, -0.05) is 0 Å². The lowest BCUT2D eigenvalue weighted by molar-refractivity contribution is -0.385. The second kappa shape index (κ2) is 4.82. The number of nitrogens with one attached hydrogen (secondary N) is 1. The van der Waals surface area contributed by atoms with Crippen molar-refractivity contribution in [2.45, 2.75) is 13.5 Å². The molecule has 1 N–H and O–H groups in total. The molecule has 0 spiro atoms. The first kappa shape index (κ1) is 12.0. The summed E-state index contributed by atoms with van der Waals surface area (Å²) in [7, 11) is 1.88. The summed E-state index contributed by atoms with van der Waals surface area (Å²) < 4.78 is 0. The average molecular weight is 247 g/mol. The van der Waals surface area contributed by atoms with E-state index >= 15 is 0 Å². The molecule has 0 aliphatic heterocycles. The average Bonchev–Trinajstić information content (AvgIpc) is 2.81. The Hall–Kier alpha value is -2.44. The predicted molar refractivity (Wildman–Crippen MR) is 66.3 cm³/mol. The molecule has 0 atom stereocenters. The Morgan fingerprint density at radius 3 is 2.83 bits per heavy atom. The van der Waals surface area contributed by atoms with E-state index in [2.05, 4.69) is 15.2 Å². The largest absolute Gasteiger partial charge is 0.355 e. The van der Waals surface area contributed by atoms with Crippen molar-refractivity contribution in [1.82, 2.24) is 15.2 Å². The van der Waals surface area contributed by atoms with Gasteiger partial charge in [0, 0.05) is 30.9 Å². The van der Waals surface area contributed by atoms with E-state index in [0.29, 0.717) is 17.9 Å². The smallest absolute Gasteiger partial charge is 0.290 e. The highest BCUT2D eigenvalue weighted by Gasteiger charge is 2.13. The molecule has 2 aromatic heterocycles. The lowest BCUT2D eigenvalue weighted by Gasteiger charge is -2.17. The minimum absolute atomic E-state index is 0.0375. The number of rotatable bonds is 4. The third-order valence-corrected chi connectivity index (χ3v) is 2.63. The number of hydrogen-bond donors (Lipinski definition) is 1. The molecule has 0 aliphatic carbocycles. The van der Waals surface area contributed by atoms with Crippen LogP contribution in [0.2, 0.25) is 0 Å². The highest BCUT2D eigenvalue weighted by Crippen LogP contribution is 2.21. The van der Waals surface area contributed by atoms with E-state index in [0.717, 1.165) is 5.56 Å². The van der Waals surface area contributed by atoms with E-state index in [1.807, 2.05) is 11.9 Å². The fourth-order valence-corrected chi connectivity index (χ4v) is 1.65. The standard InChI is InChI=1S/C11H13N5O2/c1-8-3-11(12-6-10(8)16(17)18)15(2)7-9-4-13-14-5-9/h3-6H,7H2,1-2H3,(H,13,14). The number of nitrogens with zero attached hydrogens (tertiary/aromatic N) is 4. The first-order valence-corrected chi connectivity index (χ1v) is 5.38. The van der Waals surface area contributed by atoms with Crippen LogP contribution in [0, 0.1) is 17.0 Å². The molecule has 18 heavy (non-hydrogen) atoms. The summed E-state index contributed by atoms with van der Waals surface area (Å²) in [6.45, 7) is 2.34. The number of anilines is 1. The molecule has 0 amide bonds. The number of hydrogen-bond acceptors (Lipinski definition) is 5. The SMILES string of the molecule is Cc1cc(N(C)Cc2cn[nH]c2)ncc1[N+](=O)[O-]. The zero-order valence-electron chi connectivity index (χ0n) is 10.1. The van der Waals surface area contributed by atoms with Gasteiger partial charge in [0.15, 0.2) is 0 Å². The summed E-state index contributed by atoms with van der Waals surface area (Å²) in [5.74, 6) is 0.694. The fourth-order valence-electron chi connectivity index (χ4n) is 1.65. The Labute approximate surface area is 104 Å². The molecule has 0 radical (unpaired) electrons. The van der Waals surface area contributed by atoms with Crippen molar-refractivity contribution in [1.29, 1.82) is 0 Å². The molecule has 7 heteroatoms. The Morgan fingerprint density at radius 2 is 2.28 bits per heavy atom. The molecule has 0 aromatic carbocycles. The maximum Gasteiger partial charge on any atom is 0.290 e. The van der Waals surface area contributed by atoms with Gasteiger partial charge in [-0.15, -0.1) is 0 Å². The molecule has 2 aromatic rings. The van der Waals surface area contributed by atoms with E-state index in [9.17, 15) is 10.1 Å². The molecular formula is C11H13N5O2. The summed E-state index contributed by atoms with van der Waals surface area (Å²) in [6.07, 6.45) is 4.82. The summed E-state index contributed by atoms with van der Waals surface area (Å²) >= 11 is 0. The van der Waals surface area contributed by atoms with Gasteiger partial charge in [0.05, 0.1) is 11.1 Å². The van der Waals surface area contributed by atoms with Crippen LogP contribution in [0.5, 0.6) is 0 Å². The summed E-state index contributed by atoms with van der Waals surface area (Å²) in [5.41, 5.74) is 1.66. The van der Waals surface area contributed by atoms with Crippen LogP contribution in [0.25, 0.3) is 0 Å². The lowest BCUT2D eigenvalue weighted by Crippen LogP contribution is -2.17. The van der Waals surface area contributed by atoms with Gasteiger partial charge in [-0.05, 0) is 13.0 Å². The van der Waals surface area contributed by atoms with E-state index < -0.39 is 4.92 Å². The van der Waals surface area contributed by atoms with E-state index in [-0.39, 0.29) is 5.69 Å². The number of H-pyrrole nitrogens is 1. The first-order valence-electron chi connectivity index (χ1n) is 5.38. The van der Waals surface area contributed by atoms with Crippen LogP contribution in [0.15, 0.2) is 24.7 Å².